The third-order valence-corrected chi connectivity index (χ3v) is 3.41. The van der Waals surface area contributed by atoms with Crippen molar-refractivity contribution >= 4 is 0 Å². The van der Waals surface area contributed by atoms with Crippen LogP contribution in [0.1, 0.15) is 37.8 Å². The normalized spacial score (nSPS) is 17.9. The second-order valence-corrected chi connectivity index (χ2v) is 5.09. The van der Waals surface area contributed by atoms with E-state index in [1.165, 1.54) is 12.1 Å². The van der Waals surface area contributed by atoms with Crippen molar-refractivity contribution in [1.82, 2.24) is 0 Å². The minimum Gasteiger partial charge on any atom is -0.493 e. The molecule has 1 unspecified atom stereocenters. The van der Waals surface area contributed by atoms with Gasteiger partial charge in [0.2, 0.25) is 0 Å². The molecule has 0 amide bonds. The molecule has 1 aliphatic rings. The average Bonchev–Trinajstić information content (AvgIpc) is 3.07. The zero-order valence-corrected chi connectivity index (χ0v) is 10.4. The zero-order valence-electron chi connectivity index (χ0n) is 10.4. The topological polar surface area (TPSA) is 59.0 Å². The molecule has 18 heavy (non-hydrogen) atoms. The average molecular weight is 248 g/mol. The number of hydrogen-bond donors (Lipinski definition) is 1. The molecule has 0 aromatic heterocycles. The smallest absolute Gasteiger partial charge is 0.126 e. The van der Waals surface area contributed by atoms with Crippen LogP contribution in [-0.4, -0.2) is 6.61 Å². The van der Waals surface area contributed by atoms with E-state index in [2.05, 4.69) is 6.07 Å². The predicted molar refractivity (Wildman–Crippen MR) is 66.4 cm³/mol. The summed E-state index contributed by atoms with van der Waals surface area (Å²) in [5.41, 5.74) is 6.60. The van der Waals surface area contributed by atoms with E-state index >= 15 is 0 Å². The van der Waals surface area contributed by atoms with Crippen LogP contribution in [-0.2, 0) is 0 Å². The van der Waals surface area contributed by atoms with E-state index in [1.807, 2.05) is 6.92 Å². The van der Waals surface area contributed by atoms with Crippen LogP contribution >= 0.6 is 0 Å². The van der Waals surface area contributed by atoms with Crippen molar-refractivity contribution in [1.29, 1.82) is 5.26 Å². The summed E-state index contributed by atoms with van der Waals surface area (Å²) in [6.07, 6.45) is 2.50. The Balaban J connectivity index is 2.09. The number of benzene rings is 1. The van der Waals surface area contributed by atoms with Crippen LogP contribution in [0.5, 0.6) is 5.75 Å². The van der Waals surface area contributed by atoms with Gasteiger partial charge in [0.05, 0.1) is 12.7 Å². The third-order valence-electron chi connectivity index (χ3n) is 3.41. The van der Waals surface area contributed by atoms with Crippen LogP contribution < -0.4 is 10.5 Å². The monoisotopic (exact) mass is 248 g/mol. The summed E-state index contributed by atoms with van der Waals surface area (Å²) in [7, 11) is 0. The first kappa shape index (κ1) is 12.8. The Bertz CT molecular complexity index is 475. The Hall–Kier alpha value is -1.60. The molecular weight excluding hydrogens is 231 g/mol. The second kappa shape index (κ2) is 4.95. The lowest BCUT2D eigenvalue weighted by Gasteiger charge is -2.17. The third kappa shape index (κ3) is 2.80. The van der Waals surface area contributed by atoms with E-state index in [1.54, 1.807) is 6.07 Å². The van der Waals surface area contributed by atoms with Crippen molar-refractivity contribution in [2.75, 3.05) is 6.61 Å². The molecule has 3 nitrogen and oxygen atoms in total. The summed E-state index contributed by atoms with van der Waals surface area (Å²) in [6.45, 7) is 2.30. The second-order valence-electron chi connectivity index (χ2n) is 5.09. The predicted octanol–water partition coefficient (Wildman–Crippen LogP) is 2.92. The van der Waals surface area contributed by atoms with Gasteiger partial charge in [-0.05, 0) is 25.8 Å². The maximum Gasteiger partial charge on any atom is 0.126 e. The van der Waals surface area contributed by atoms with Gasteiger partial charge in [-0.3, -0.25) is 0 Å². The highest BCUT2D eigenvalue weighted by atomic mass is 19.1. The molecule has 1 aromatic rings. The minimum atomic E-state index is -0.334. The Morgan fingerprint density at radius 2 is 2.28 bits per heavy atom. The fourth-order valence-corrected chi connectivity index (χ4v) is 1.96. The molecule has 0 saturated heterocycles. The van der Waals surface area contributed by atoms with Crippen LogP contribution in [0.2, 0.25) is 0 Å². The van der Waals surface area contributed by atoms with Crippen molar-refractivity contribution in [2.45, 2.75) is 32.2 Å². The number of nitrogens with two attached hydrogens (primary N) is 1. The maximum absolute atomic E-state index is 13.2. The van der Waals surface area contributed by atoms with Crippen LogP contribution in [0, 0.1) is 22.6 Å². The van der Waals surface area contributed by atoms with E-state index in [0.29, 0.717) is 18.8 Å². The Morgan fingerprint density at radius 3 is 2.83 bits per heavy atom. The minimum absolute atomic E-state index is 0.0177. The van der Waals surface area contributed by atoms with E-state index in [-0.39, 0.29) is 17.3 Å². The molecule has 1 atom stereocenters. The summed E-state index contributed by atoms with van der Waals surface area (Å²) < 4.78 is 18.9. The number of hydrogen-bond acceptors (Lipinski definition) is 3. The zero-order chi connectivity index (χ0) is 13.2. The van der Waals surface area contributed by atoms with Crippen LogP contribution in [0.3, 0.4) is 0 Å². The van der Waals surface area contributed by atoms with Gasteiger partial charge >= 0.3 is 0 Å². The fourth-order valence-electron chi connectivity index (χ4n) is 1.96. The maximum atomic E-state index is 13.2. The molecule has 0 heterocycles. The lowest BCUT2D eigenvalue weighted by atomic mass is 10.0. The van der Waals surface area contributed by atoms with E-state index in [9.17, 15) is 4.39 Å². The number of halogens is 1. The molecular formula is C14H17FN2O. The van der Waals surface area contributed by atoms with Crippen molar-refractivity contribution in [3.8, 4) is 11.8 Å². The molecule has 1 aromatic carbocycles. The number of nitriles is 1. The molecule has 0 radical (unpaired) electrons. The van der Waals surface area contributed by atoms with Gasteiger partial charge in [0.25, 0.3) is 0 Å². The number of nitrogens with zero attached hydrogens (tertiary/aromatic N) is 1. The van der Waals surface area contributed by atoms with Crippen LogP contribution in [0.15, 0.2) is 18.2 Å². The van der Waals surface area contributed by atoms with Crippen LogP contribution in [0.25, 0.3) is 0 Å². The van der Waals surface area contributed by atoms with Crippen molar-refractivity contribution in [3.63, 3.8) is 0 Å². The van der Waals surface area contributed by atoms with Gasteiger partial charge in [0.15, 0.2) is 0 Å². The van der Waals surface area contributed by atoms with Crippen molar-refractivity contribution in [3.05, 3.63) is 29.6 Å². The standard InChI is InChI=1S/C14H17FN2O/c1-10(17)12-3-2-11(15)8-13(12)18-9-14(4-5-14)6-7-16/h2-3,8,10H,4-6,9,17H2,1H3. The Kier molecular flexibility index (Phi) is 3.53. The number of ether oxygens (including phenoxy) is 1. The molecule has 0 aliphatic heterocycles. The Labute approximate surface area is 106 Å². The fraction of sp³-hybridized carbons (Fsp3) is 0.500. The summed E-state index contributed by atoms with van der Waals surface area (Å²) in [5, 5.41) is 8.74. The summed E-state index contributed by atoms with van der Waals surface area (Å²) in [5.74, 6) is 0.161. The molecule has 96 valence electrons. The highest BCUT2D eigenvalue weighted by Gasteiger charge is 2.43. The summed E-state index contributed by atoms with van der Waals surface area (Å²) >= 11 is 0. The van der Waals surface area contributed by atoms with Gasteiger partial charge in [-0.25, -0.2) is 4.39 Å². The largest absolute Gasteiger partial charge is 0.493 e. The summed E-state index contributed by atoms with van der Waals surface area (Å²) in [6, 6.07) is 6.37. The first-order valence-electron chi connectivity index (χ1n) is 6.11. The first-order valence-corrected chi connectivity index (χ1v) is 6.11. The molecule has 2 N–H and O–H groups in total. The van der Waals surface area contributed by atoms with E-state index in [0.717, 1.165) is 18.4 Å². The first-order chi connectivity index (χ1) is 8.56. The quantitative estimate of drug-likeness (QED) is 0.871. The SMILES string of the molecule is CC(N)c1ccc(F)cc1OCC1(CC#N)CC1. The highest BCUT2D eigenvalue weighted by Crippen LogP contribution is 2.48. The molecule has 1 fully saturated rings. The summed E-state index contributed by atoms with van der Waals surface area (Å²) in [4.78, 5) is 0. The van der Waals surface area contributed by atoms with Crippen molar-refractivity contribution in [2.24, 2.45) is 11.1 Å². The molecule has 1 aliphatic carbocycles. The molecule has 4 heteroatoms. The van der Waals surface area contributed by atoms with E-state index < -0.39 is 0 Å². The van der Waals surface area contributed by atoms with Gasteiger partial charge < -0.3 is 10.5 Å². The molecule has 0 spiro atoms. The number of rotatable bonds is 5. The lowest BCUT2D eigenvalue weighted by molar-refractivity contribution is 0.233. The van der Waals surface area contributed by atoms with Crippen LogP contribution in [0.4, 0.5) is 4.39 Å². The van der Waals surface area contributed by atoms with Gasteiger partial charge in [-0.15, -0.1) is 0 Å². The van der Waals surface area contributed by atoms with Gasteiger partial charge in [-0.2, -0.15) is 5.26 Å². The molecule has 2 rings (SSSR count). The van der Waals surface area contributed by atoms with Crippen molar-refractivity contribution < 1.29 is 9.13 Å². The lowest BCUT2D eigenvalue weighted by Crippen LogP contribution is -2.15. The van der Waals surface area contributed by atoms with Gasteiger partial charge in [-0.1, -0.05) is 6.07 Å². The molecule has 1 saturated carbocycles. The van der Waals surface area contributed by atoms with Gasteiger partial charge in [0, 0.05) is 29.5 Å². The highest BCUT2D eigenvalue weighted by molar-refractivity contribution is 5.36. The Morgan fingerprint density at radius 1 is 1.56 bits per heavy atom. The van der Waals surface area contributed by atoms with Gasteiger partial charge in [0.1, 0.15) is 11.6 Å². The molecule has 0 bridgehead atoms. The van der Waals surface area contributed by atoms with E-state index in [4.69, 9.17) is 15.7 Å².